The molecule has 0 atom stereocenters. The van der Waals surface area contributed by atoms with E-state index in [2.05, 4.69) is 20.7 Å². The van der Waals surface area contributed by atoms with Crippen molar-refractivity contribution in [2.75, 3.05) is 11.9 Å². The second-order valence-corrected chi connectivity index (χ2v) is 5.75. The molecule has 2 heterocycles. The zero-order valence-corrected chi connectivity index (χ0v) is 14.3. The molecule has 0 radical (unpaired) electrons. The molecule has 3 rings (SSSR count). The van der Waals surface area contributed by atoms with Gasteiger partial charge in [0, 0.05) is 37.1 Å². The number of rotatable bonds is 6. The number of amides is 2. The third kappa shape index (κ3) is 4.32. The topological polar surface area (TPSA) is 88.9 Å². The highest BCUT2D eigenvalue weighted by molar-refractivity contribution is 5.95. The maximum Gasteiger partial charge on any atom is 0.251 e. The fraction of sp³-hybridized carbons (Fsp3) is 0.158. The van der Waals surface area contributed by atoms with Crippen LogP contribution in [0.25, 0.3) is 5.82 Å². The number of hydrogen-bond donors (Lipinski definition) is 2. The lowest BCUT2D eigenvalue weighted by molar-refractivity contribution is -0.116. The van der Waals surface area contributed by atoms with Crippen molar-refractivity contribution in [2.45, 2.75) is 13.3 Å². The number of anilines is 1. The van der Waals surface area contributed by atoms with Gasteiger partial charge < -0.3 is 10.6 Å². The summed E-state index contributed by atoms with van der Waals surface area (Å²) in [6.45, 7) is 2.17. The lowest BCUT2D eigenvalue weighted by Gasteiger charge is -2.10. The van der Waals surface area contributed by atoms with Crippen molar-refractivity contribution in [2.24, 2.45) is 0 Å². The van der Waals surface area contributed by atoms with Crippen molar-refractivity contribution in [1.29, 1.82) is 0 Å². The summed E-state index contributed by atoms with van der Waals surface area (Å²) >= 11 is 0. The van der Waals surface area contributed by atoms with Gasteiger partial charge in [0.1, 0.15) is 0 Å². The van der Waals surface area contributed by atoms with Crippen LogP contribution in [-0.4, -0.2) is 33.1 Å². The molecule has 1 aromatic carbocycles. The van der Waals surface area contributed by atoms with E-state index in [0.717, 1.165) is 5.56 Å². The molecule has 132 valence electrons. The van der Waals surface area contributed by atoms with Crippen LogP contribution < -0.4 is 10.6 Å². The molecule has 0 spiro atoms. The van der Waals surface area contributed by atoms with Gasteiger partial charge in [-0.15, -0.1) is 0 Å². The van der Waals surface area contributed by atoms with Crippen LogP contribution >= 0.6 is 0 Å². The fourth-order valence-electron chi connectivity index (χ4n) is 2.46. The van der Waals surface area contributed by atoms with Crippen LogP contribution in [-0.2, 0) is 4.79 Å². The number of hydrogen-bond acceptors (Lipinski definition) is 4. The van der Waals surface area contributed by atoms with E-state index in [1.54, 1.807) is 53.6 Å². The quantitative estimate of drug-likeness (QED) is 0.715. The summed E-state index contributed by atoms with van der Waals surface area (Å²) in [6, 6.07) is 12.6. The number of carbonyl (C=O) groups excluding carboxylic acids is 2. The Morgan fingerprint density at radius 1 is 1.12 bits per heavy atom. The van der Waals surface area contributed by atoms with Crippen molar-refractivity contribution < 1.29 is 9.59 Å². The number of aryl methyl sites for hydroxylation is 1. The van der Waals surface area contributed by atoms with Crippen LogP contribution in [0.1, 0.15) is 22.3 Å². The van der Waals surface area contributed by atoms with Gasteiger partial charge in [-0.1, -0.05) is 17.7 Å². The molecule has 2 amide bonds. The maximum atomic E-state index is 12.2. The van der Waals surface area contributed by atoms with Gasteiger partial charge in [0.05, 0.1) is 5.69 Å². The van der Waals surface area contributed by atoms with E-state index in [-0.39, 0.29) is 24.8 Å². The van der Waals surface area contributed by atoms with Crippen molar-refractivity contribution in [3.8, 4) is 5.82 Å². The average Bonchev–Trinajstić information content (AvgIpc) is 3.16. The summed E-state index contributed by atoms with van der Waals surface area (Å²) in [5.74, 6) is 0.130. The first-order chi connectivity index (χ1) is 12.6. The summed E-state index contributed by atoms with van der Waals surface area (Å²) in [4.78, 5) is 28.5. The molecule has 26 heavy (non-hydrogen) atoms. The molecular formula is C19H19N5O2. The van der Waals surface area contributed by atoms with Gasteiger partial charge in [0.25, 0.3) is 5.91 Å². The van der Waals surface area contributed by atoms with Gasteiger partial charge in [-0.3, -0.25) is 9.59 Å². The van der Waals surface area contributed by atoms with Crippen molar-refractivity contribution in [3.05, 3.63) is 72.2 Å². The highest BCUT2D eigenvalue weighted by Crippen LogP contribution is 2.16. The molecule has 0 unspecified atom stereocenters. The number of carbonyl (C=O) groups is 2. The molecule has 2 aromatic heterocycles. The van der Waals surface area contributed by atoms with Gasteiger partial charge in [-0.05, 0) is 37.3 Å². The molecule has 0 saturated carbocycles. The Morgan fingerprint density at radius 3 is 2.77 bits per heavy atom. The molecule has 3 aromatic rings. The number of nitrogens with one attached hydrogen (secondary N) is 2. The first-order valence-corrected chi connectivity index (χ1v) is 8.23. The van der Waals surface area contributed by atoms with Crippen LogP contribution in [0.15, 0.2) is 61.1 Å². The van der Waals surface area contributed by atoms with Crippen molar-refractivity contribution in [1.82, 2.24) is 20.1 Å². The zero-order valence-electron chi connectivity index (χ0n) is 14.3. The predicted molar refractivity (Wildman–Crippen MR) is 98.1 cm³/mol. The lowest BCUT2D eigenvalue weighted by Crippen LogP contribution is -2.27. The zero-order chi connectivity index (χ0) is 18.4. The van der Waals surface area contributed by atoms with Gasteiger partial charge in [-0.25, -0.2) is 9.67 Å². The number of nitrogens with zero attached hydrogens (tertiary/aromatic N) is 3. The Balaban J connectivity index is 1.55. The Hall–Kier alpha value is -3.48. The Morgan fingerprint density at radius 2 is 2.00 bits per heavy atom. The van der Waals surface area contributed by atoms with E-state index < -0.39 is 0 Å². The fourth-order valence-corrected chi connectivity index (χ4v) is 2.46. The van der Waals surface area contributed by atoms with Gasteiger partial charge >= 0.3 is 0 Å². The largest absolute Gasteiger partial charge is 0.352 e. The molecule has 2 N–H and O–H groups in total. The van der Waals surface area contributed by atoms with E-state index in [9.17, 15) is 9.59 Å². The minimum Gasteiger partial charge on any atom is -0.352 e. The van der Waals surface area contributed by atoms with E-state index >= 15 is 0 Å². The Labute approximate surface area is 151 Å². The van der Waals surface area contributed by atoms with Crippen molar-refractivity contribution in [3.63, 3.8) is 0 Å². The minimum absolute atomic E-state index is 0.158. The summed E-state index contributed by atoms with van der Waals surface area (Å²) < 4.78 is 1.58. The van der Waals surface area contributed by atoms with Crippen LogP contribution in [0.2, 0.25) is 0 Å². The SMILES string of the molecule is Cc1cccc(C(=O)NCCC(=O)Nc2cccnc2-n2cccn2)c1. The van der Waals surface area contributed by atoms with Crippen LogP contribution in [0, 0.1) is 6.92 Å². The average molecular weight is 349 g/mol. The first-order valence-electron chi connectivity index (χ1n) is 8.23. The highest BCUT2D eigenvalue weighted by Gasteiger charge is 2.10. The molecular weight excluding hydrogens is 330 g/mol. The van der Waals surface area contributed by atoms with E-state index in [1.807, 2.05) is 19.1 Å². The van der Waals surface area contributed by atoms with Crippen LogP contribution in [0.5, 0.6) is 0 Å². The van der Waals surface area contributed by atoms with Gasteiger partial charge in [0.2, 0.25) is 5.91 Å². The Kier molecular flexibility index (Phi) is 5.38. The molecule has 0 aliphatic rings. The molecule has 0 aliphatic carbocycles. The van der Waals surface area contributed by atoms with Crippen molar-refractivity contribution >= 4 is 17.5 Å². The van der Waals surface area contributed by atoms with Crippen LogP contribution in [0.3, 0.4) is 0 Å². The second kappa shape index (κ2) is 8.06. The Bertz CT molecular complexity index is 906. The number of aromatic nitrogens is 3. The van der Waals surface area contributed by atoms with Gasteiger partial charge in [-0.2, -0.15) is 5.10 Å². The summed E-state index contributed by atoms with van der Waals surface area (Å²) in [5.41, 5.74) is 2.16. The molecule has 7 heteroatoms. The normalized spacial score (nSPS) is 10.3. The van der Waals surface area contributed by atoms with E-state index in [0.29, 0.717) is 17.1 Å². The summed E-state index contributed by atoms with van der Waals surface area (Å²) in [7, 11) is 0. The smallest absolute Gasteiger partial charge is 0.251 e. The van der Waals surface area contributed by atoms with Crippen LogP contribution in [0.4, 0.5) is 5.69 Å². The molecule has 0 fully saturated rings. The summed E-state index contributed by atoms with van der Waals surface area (Å²) in [6.07, 6.45) is 5.18. The molecule has 0 aliphatic heterocycles. The van der Waals surface area contributed by atoms with Gasteiger partial charge in [0.15, 0.2) is 5.82 Å². The molecule has 0 saturated heterocycles. The molecule has 0 bridgehead atoms. The molecule has 7 nitrogen and oxygen atoms in total. The third-order valence-corrected chi connectivity index (χ3v) is 3.70. The van der Waals surface area contributed by atoms with E-state index in [1.165, 1.54) is 0 Å². The first kappa shape index (κ1) is 17.3. The maximum absolute atomic E-state index is 12.2. The third-order valence-electron chi connectivity index (χ3n) is 3.70. The standard InChI is InChI=1S/C19H19N5O2/c1-14-5-2-6-15(13-14)19(26)21-11-8-17(25)23-16-7-3-9-20-18(16)24-12-4-10-22-24/h2-7,9-10,12-13H,8,11H2,1H3,(H,21,26)(H,23,25). The minimum atomic E-state index is -0.212. The number of pyridine rings is 1. The summed E-state index contributed by atoms with van der Waals surface area (Å²) in [5, 5.41) is 9.69. The number of benzene rings is 1. The van der Waals surface area contributed by atoms with E-state index in [4.69, 9.17) is 0 Å². The highest BCUT2D eigenvalue weighted by atomic mass is 16.2. The predicted octanol–water partition coefficient (Wildman–Crippen LogP) is 2.33. The lowest BCUT2D eigenvalue weighted by atomic mass is 10.1. The second-order valence-electron chi connectivity index (χ2n) is 5.75. The monoisotopic (exact) mass is 349 g/mol.